The van der Waals surface area contributed by atoms with Crippen molar-refractivity contribution in [2.24, 2.45) is 11.8 Å². The maximum Gasteiger partial charge on any atom is 0.307 e. The molecule has 4 atom stereocenters. The minimum Gasteiger partial charge on any atom is -0.481 e. The van der Waals surface area contributed by atoms with Gasteiger partial charge in [-0.25, -0.2) is 0 Å². The van der Waals surface area contributed by atoms with Crippen LogP contribution in [0.25, 0.3) is 0 Å². The number of carbonyl (C=O) groups is 1. The van der Waals surface area contributed by atoms with E-state index in [4.69, 9.17) is 14.0 Å². The molecule has 0 aromatic rings. The second kappa shape index (κ2) is 17.1. The molecule has 0 fully saturated rings. The molecule has 4 nitrogen and oxygen atoms in total. The Morgan fingerprint density at radius 1 is 1.13 bits per heavy atom. The molecule has 0 heterocycles. The van der Waals surface area contributed by atoms with Crippen LogP contribution in [0.2, 0.25) is 36.3 Å². The average Bonchev–Trinajstić information content (AvgIpc) is 3.25. The lowest BCUT2D eigenvalue weighted by Crippen LogP contribution is -2.45. The van der Waals surface area contributed by atoms with Crippen LogP contribution < -0.4 is 0 Å². The molecule has 39 heavy (non-hydrogen) atoms. The lowest BCUT2D eigenvalue weighted by Gasteiger charge is -2.41. The molecule has 0 saturated carbocycles. The SMILES string of the molecule is CCCCC(C)[C@H](CCC1=CC[C@H](O[Si](CC)(CC)CC)[C@@H]1CCC=C=CCC(=O)O)O[Si](C)(C)C(C)(C)C. The van der Waals surface area contributed by atoms with Crippen molar-refractivity contribution in [3.05, 3.63) is 29.5 Å². The Hall–Kier alpha value is -0.916. The van der Waals surface area contributed by atoms with Crippen molar-refractivity contribution < 1.29 is 18.8 Å². The lowest BCUT2D eigenvalue weighted by atomic mass is 9.88. The summed E-state index contributed by atoms with van der Waals surface area (Å²) in [5.41, 5.74) is 4.63. The number of carboxylic acid groups (broad SMARTS) is 1. The van der Waals surface area contributed by atoms with Gasteiger partial charge in [0, 0.05) is 12.0 Å². The third-order valence-corrected chi connectivity index (χ3v) is 18.8. The molecule has 1 aliphatic rings. The summed E-state index contributed by atoms with van der Waals surface area (Å²) >= 11 is 0. The fraction of sp³-hybridized carbons (Fsp3) is 0.818. The first-order valence-electron chi connectivity index (χ1n) is 15.9. The summed E-state index contributed by atoms with van der Waals surface area (Å²) in [7, 11) is -3.57. The Morgan fingerprint density at radius 2 is 1.77 bits per heavy atom. The van der Waals surface area contributed by atoms with Gasteiger partial charge >= 0.3 is 5.97 Å². The quantitative estimate of drug-likeness (QED) is 0.0941. The average molecular weight is 579 g/mol. The van der Waals surface area contributed by atoms with Crippen molar-refractivity contribution >= 4 is 22.6 Å². The molecule has 1 aliphatic carbocycles. The van der Waals surface area contributed by atoms with Gasteiger partial charge in [-0.05, 0) is 92.9 Å². The van der Waals surface area contributed by atoms with E-state index in [1.54, 1.807) is 11.6 Å². The van der Waals surface area contributed by atoms with Gasteiger partial charge in [-0.2, -0.15) is 0 Å². The summed E-state index contributed by atoms with van der Waals surface area (Å²) in [6, 6.07) is 3.52. The van der Waals surface area contributed by atoms with Gasteiger partial charge in [0.25, 0.3) is 0 Å². The van der Waals surface area contributed by atoms with Crippen LogP contribution in [0.4, 0.5) is 0 Å². The maximum absolute atomic E-state index is 10.8. The summed E-state index contributed by atoms with van der Waals surface area (Å²) in [6.07, 6.45) is 15.6. The molecule has 0 aromatic heterocycles. The highest BCUT2D eigenvalue weighted by Crippen LogP contribution is 2.42. The smallest absolute Gasteiger partial charge is 0.307 e. The lowest BCUT2D eigenvalue weighted by molar-refractivity contribution is -0.136. The second-order valence-electron chi connectivity index (χ2n) is 13.3. The topological polar surface area (TPSA) is 55.8 Å². The highest BCUT2D eigenvalue weighted by atomic mass is 28.4. The van der Waals surface area contributed by atoms with Gasteiger partial charge < -0.3 is 14.0 Å². The summed E-state index contributed by atoms with van der Waals surface area (Å²) < 4.78 is 14.2. The summed E-state index contributed by atoms with van der Waals surface area (Å²) in [4.78, 5) is 10.8. The minimum atomic E-state index is -1.86. The molecule has 0 amide bonds. The predicted molar refractivity (Wildman–Crippen MR) is 172 cm³/mol. The van der Waals surface area contributed by atoms with E-state index in [0.717, 1.165) is 32.1 Å². The molecule has 0 saturated heterocycles. The first-order valence-corrected chi connectivity index (χ1v) is 21.3. The van der Waals surface area contributed by atoms with E-state index in [1.165, 1.54) is 37.4 Å². The molecular weight excluding hydrogens is 517 g/mol. The van der Waals surface area contributed by atoms with Gasteiger partial charge in [0.05, 0.1) is 12.5 Å². The third-order valence-electron chi connectivity index (χ3n) is 9.62. The Labute approximate surface area is 244 Å². The van der Waals surface area contributed by atoms with Crippen molar-refractivity contribution in [2.45, 2.75) is 162 Å². The highest BCUT2D eigenvalue weighted by Gasteiger charge is 2.41. The zero-order chi connectivity index (χ0) is 29.7. The van der Waals surface area contributed by atoms with Crippen LogP contribution >= 0.6 is 0 Å². The Balaban J connectivity index is 3.09. The van der Waals surface area contributed by atoms with Gasteiger partial charge in [-0.3, -0.25) is 4.79 Å². The number of hydrogen-bond acceptors (Lipinski definition) is 3. The summed E-state index contributed by atoms with van der Waals surface area (Å²) in [6.45, 7) is 23.4. The Bertz CT molecular complexity index is 808. The molecule has 0 bridgehead atoms. The van der Waals surface area contributed by atoms with Crippen LogP contribution in [-0.2, 0) is 13.6 Å². The molecule has 0 aliphatic heterocycles. The predicted octanol–water partition coefficient (Wildman–Crippen LogP) is 10.3. The molecule has 226 valence electrons. The number of hydrogen-bond donors (Lipinski definition) is 1. The van der Waals surface area contributed by atoms with Gasteiger partial charge in [-0.1, -0.05) is 79.9 Å². The van der Waals surface area contributed by atoms with E-state index in [-0.39, 0.29) is 17.6 Å². The van der Waals surface area contributed by atoms with Gasteiger partial charge in [0.15, 0.2) is 16.6 Å². The fourth-order valence-corrected chi connectivity index (χ4v) is 9.91. The molecule has 0 aromatic carbocycles. The molecule has 1 rings (SSSR count). The molecule has 0 spiro atoms. The van der Waals surface area contributed by atoms with Crippen molar-refractivity contribution in [2.75, 3.05) is 0 Å². The van der Waals surface area contributed by atoms with Crippen LogP contribution in [0, 0.1) is 11.8 Å². The van der Waals surface area contributed by atoms with Crippen LogP contribution in [-0.4, -0.2) is 39.9 Å². The van der Waals surface area contributed by atoms with Crippen molar-refractivity contribution in [3.8, 4) is 0 Å². The highest BCUT2D eigenvalue weighted by molar-refractivity contribution is 6.74. The maximum atomic E-state index is 10.8. The number of carboxylic acids is 1. The fourth-order valence-electron chi connectivity index (χ4n) is 5.54. The van der Waals surface area contributed by atoms with E-state index in [2.05, 4.69) is 80.3 Å². The van der Waals surface area contributed by atoms with Crippen LogP contribution in [0.5, 0.6) is 0 Å². The first kappa shape index (κ1) is 36.1. The van der Waals surface area contributed by atoms with Crippen LogP contribution in [0.15, 0.2) is 29.5 Å². The van der Waals surface area contributed by atoms with E-state index in [9.17, 15) is 4.79 Å². The Kier molecular flexibility index (Phi) is 15.9. The number of unbranched alkanes of at least 4 members (excludes halogenated alkanes) is 1. The Morgan fingerprint density at radius 3 is 2.31 bits per heavy atom. The zero-order valence-corrected chi connectivity index (χ0v) is 29.2. The zero-order valence-electron chi connectivity index (χ0n) is 27.2. The normalized spacial score (nSPS) is 19.8. The monoisotopic (exact) mass is 578 g/mol. The summed E-state index contributed by atoms with van der Waals surface area (Å²) in [5.74, 6) is 0.181. The minimum absolute atomic E-state index is 0.0280. The van der Waals surface area contributed by atoms with Crippen molar-refractivity contribution in [3.63, 3.8) is 0 Å². The molecule has 1 N–H and O–H groups in total. The van der Waals surface area contributed by atoms with E-state index >= 15 is 0 Å². The van der Waals surface area contributed by atoms with Gasteiger partial charge in [-0.15, -0.1) is 5.73 Å². The second-order valence-corrected chi connectivity index (χ2v) is 22.8. The molecule has 1 unspecified atom stereocenters. The standard InChI is InChI=1S/C33H62O4Si2/c1-11-15-20-27(5)30(36-38(9,10)33(6,7)8)25-23-28-24-26-31(37-39(12-2,13-3)14-4)29(28)21-18-16-17-19-22-32(34)35/h16,19,24,27,29-31H,11-15,18,20-23,25-26H2,1-10H3,(H,34,35)/t17?,27?,29-,30+,31+/m1/s1. The largest absolute Gasteiger partial charge is 0.481 e. The van der Waals surface area contributed by atoms with Crippen LogP contribution in [0.1, 0.15) is 113 Å². The van der Waals surface area contributed by atoms with Crippen molar-refractivity contribution in [1.29, 1.82) is 0 Å². The molecular formula is C33H62O4Si2. The van der Waals surface area contributed by atoms with Crippen LogP contribution in [0.3, 0.4) is 0 Å². The van der Waals surface area contributed by atoms with Gasteiger partial charge in [0.1, 0.15) is 0 Å². The number of rotatable bonds is 19. The third kappa shape index (κ3) is 11.8. The van der Waals surface area contributed by atoms with E-state index < -0.39 is 22.6 Å². The van der Waals surface area contributed by atoms with Gasteiger partial charge in [0.2, 0.25) is 0 Å². The molecule has 6 heteroatoms. The number of aliphatic carboxylic acids is 1. The molecule has 0 radical (unpaired) electrons. The first-order chi connectivity index (χ1) is 18.3. The summed E-state index contributed by atoms with van der Waals surface area (Å²) in [5, 5.41) is 9.09. The van der Waals surface area contributed by atoms with E-state index in [0.29, 0.717) is 17.9 Å². The van der Waals surface area contributed by atoms with E-state index in [1.807, 2.05) is 6.08 Å². The van der Waals surface area contributed by atoms with Crippen molar-refractivity contribution in [1.82, 2.24) is 0 Å².